The zero-order chi connectivity index (χ0) is 19.4. The molecular formula is C22H27NO4. The zero-order valence-corrected chi connectivity index (χ0v) is 16.2. The van der Waals surface area contributed by atoms with Crippen LogP contribution in [0.25, 0.3) is 0 Å². The van der Waals surface area contributed by atoms with Gasteiger partial charge in [0.05, 0.1) is 20.8 Å². The minimum atomic E-state index is -1.07. The van der Waals surface area contributed by atoms with E-state index in [1.807, 2.05) is 43.3 Å². The van der Waals surface area contributed by atoms with Crippen molar-refractivity contribution in [1.29, 1.82) is 0 Å². The van der Waals surface area contributed by atoms with E-state index in [9.17, 15) is 9.90 Å². The van der Waals surface area contributed by atoms with E-state index in [4.69, 9.17) is 9.47 Å². The van der Waals surface area contributed by atoms with Crippen LogP contribution < -0.4 is 14.8 Å². The van der Waals surface area contributed by atoms with Gasteiger partial charge in [0.1, 0.15) is 5.60 Å². The van der Waals surface area contributed by atoms with Crippen LogP contribution in [0, 0.1) is 6.92 Å². The number of carbonyl (C=O) groups is 1. The Morgan fingerprint density at radius 3 is 2.48 bits per heavy atom. The summed E-state index contributed by atoms with van der Waals surface area (Å²) in [6.07, 6.45) is 2.40. The Morgan fingerprint density at radius 2 is 1.81 bits per heavy atom. The van der Waals surface area contributed by atoms with Gasteiger partial charge in [0.2, 0.25) is 5.91 Å². The molecule has 27 heavy (non-hydrogen) atoms. The predicted molar refractivity (Wildman–Crippen MR) is 104 cm³/mol. The van der Waals surface area contributed by atoms with Crippen molar-refractivity contribution < 1.29 is 19.4 Å². The third-order valence-electron chi connectivity index (χ3n) is 5.26. The second-order valence-electron chi connectivity index (χ2n) is 7.16. The van der Waals surface area contributed by atoms with Crippen LogP contribution in [0.15, 0.2) is 36.4 Å². The summed E-state index contributed by atoms with van der Waals surface area (Å²) in [4.78, 5) is 12.3. The lowest BCUT2D eigenvalue weighted by atomic mass is 9.95. The summed E-state index contributed by atoms with van der Waals surface area (Å²) in [5.74, 6) is 1.18. The molecule has 0 radical (unpaired) electrons. The van der Waals surface area contributed by atoms with Gasteiger partial charge in [-0.2, -0.15) is 0 Å². The molecule has 1 unspecified atom stereocenters. The van der Waals surface area contributed by atoms with E-state index in [0.29, 0.717) is 30.8 Å². The molecule has 0 saturated heterocycles. The zero-order valence-electron chi connectivity index (χ0n) is 16.2. The first kappa shape index (κ1) is 19.2. The Bertz CT molecular complexity index is 816. The summed E-state index contributed by atoms with van der Waals surface area (Å²) in [5, 5.41) is 14.0. The van der Waals surface area contributed by atoms with Crippen LogP contribution in [0.5, 0.6) is 11.5 Å². The Kier molecular flexibility index (Phi) is 5.71. The van der Waals surface area contributed by atoms with Gasteiger partial charge < -0.3 is 19.9 Å². The van der Waals surface area contributed by atoms with E-state index in [1.165, 1.54) is 5.56 Å². The number of aliphatic hydroxyl groups is 1. The number of rotatable bonds is 7. The van der Waals surface area contributed by atoms with Crippen LogP contribution >= 0.6 is 0 Å². The molecule has 5 nitrogen and oxygen atoms in total. The first-order valence-corrected chi connectivity index (χ1v) is 9.25. The van der Waals surface area contributed by atoms with Gasteiger partial charge in [-0.25, -0.2) is 0 Å². The molecule has 0 aliphatic heterocycles. The van der Waals surface area contributed by atoms with E-state index in [1.54, 1.807) is 14.2 Å². The highest BCUT2D eigenvalue weighted by Gasteiger charge is 2.38. The molecule has 1 atom stereocenters. The van der Waals surface area contributed by atoms with Crippen LogP contribution in [0.2, 0.25) is 0 Å². The second kappa shape index (κ2) is 8.01. The van der Waals surface area contributed by atoms with Crippen LogP contribution in [0.1, 0.15) is 35.1 Å². The lowest BCUT2D eigenvalue weighted by Gasteiger charge is -2.25. The van der Waals surface area contributed by atoms with Gasteiger partial charge in [-0.1, -0.05) is 29.8 Å². The fourth-order valence-electron chi connectivity index (χ4n) is 3.57. The Morgan fingerprint density at radius 1 is 1.15 bits per heavy atom. The monoisotopic (exact) mass is 369 g/mol. The predicted octanol–water partition coefficient (Wildman–Crippen LogP) is 2.90. The number of methoxy groups -OCH3 is 2. The molecule has 0 spiro atoms. The minimum Gasteiger partial charge on any atom is -0.493 e. The summed E-state index contributed by atoms with van der Waals surface area (Å²) in [6.45, 7) is 2.24. The van der Waals surface area contributed by atoms with Crippen molar-refractivity contribution in [2.45, 2.75) is 38.2 Å². The number of amides is 1. The number of benzene rings is 2. The van der Waals surface area contributed by atoms with Crippen molar-refractivity contribution in [1.82, 2.24) is 5.32 Å². The van der Waals surface area contributed by atoms with E-state index in [-0.39, 0.29) is 12.5 Å². The number of hydrogen-bond acceptors (Lipinski definition) is 4. The molecule has 144 valence electrons. The van der Waals surface area contributed by atoms with Gasteiger partial charge in [-0.3, -0.25) is 4.79 Å². The quantitative estimate of drug-likeness (QED) is 0.788. The molecule has 2 aromatic carbocycles. The van der Waals surface area contributed by atoms with Crippen LogP contribution in [-0.4, -0.2) is 31.8 Å². The molecular weight excluding hydrogens is 342 g/mol. The maximum atomic E-state index is 12.3. The van der Waals surface area contributed by atoms with Gasteiger partial charge in [-0.05, 0) is 55.0 Å². The highest BCUT2D eigenvalue weighted by molar-refractivity contribution is 5.76. The third kappa shape index (κ3) is 4.25. The number of nitrogens with one attached hydrogen (secondary N) is 1. The molecule has 0 aromatic heterocycles. The Labute approximate surface area is 160 Å². The van der Waals surface area contributed by atoms with Gasteiger partial charge in [0, 0.05) is 6.42 Å². The number of fused-ring (bicyclic) bond motifs is 1. The SMILES string of the molecule is COc1cc2c(cc1OC)C(O)(CNC(=O)CCc1ccc(C)cc1)CC2. The average Bonchev–Trinajstić information content (AvgIpc) is 3.01. The van der Waals surface area contributed by atoms with E-state index in [2.05, 4.69) is 5.32 Å². The van der Waals surface area contributed by atoms with E-state index in [0.717, 1.165) is 23.1 Å². The molecule has 3 rings (SSSR count). The number of ether oxygens (including phenoxy) is 2. The third-order valence-corrected chi connectivity index (χ3v) is 5.26. The van der Waals surface area contributed by atoms with Crippen LogP contribution in [-0.2, 0) is 23.2 Å². The fourth-order valence-corrected chi connectivity index (χ4v) is 3.57. The van der Waals surface area contributed by atoms with Crippen LogP contribution in [0.4, 0.5) is 0 Å². The lowest BCUT2D eigenvalue weighted by Crippen LogP contribution is -2.39. The Hall–Kier alpha value is -2.53. The number of carbonyl (C=O) groups excluding carboxylic acids is 1. The van der Waals surface area contributed by atoms with Crippen molar-refractivity contribution in [3.63, 3.8) is 0 Å². The second-order valence-corrected chi connectivity index (χ2v) is 7.16. The van der Waals surface area contributed by atoms with Crippen molar-refractivity contribution in [3.8, 4) is 11.5 Å². The molecule has 5 heteroatoms. The molecule has 1 aliphatic rings. The number of hydrogen-bond donors (Lipinski definition) is 2. The molecule has 2 N–H and O–H groups in total. The van der Waals surface area contributed by atoms with Crippen molar-refractivity contribution >= 4 is 5.91 Å². The standard InChI is InChI=1S/C22H27NO4/c1-15-4-6-16(7-5-15)8-9-21(24)23-14-22(25)11-10-17-12-19(26-2)20(27-3)13-18(17)22/h4-7,12-13,25H,8-11,14H2,1-3H3,(H,23,24). The fraction of sp³-hybridized carbons (Fsp3) is 0.409. The summed E-state index contributed by atoms with van der Waals surface area (Å²) >= 11 is 0. The van der Waals surface area contributed by atoms with Crippen molar-refractivity contribution in [3.05, 3.63) is 58.7 Å². The lowest BCUT2D eigenvalue weighted by molar-refractivity contribution is -0.122. The number of aryl methyl sites for hydroxylation is 3. The largest absolute Gasteiger partial charge is 0.493 e. The van der Waals surface area contributed by atoms with Gasteiger partial charge in [-0.15, -0.1) is 0 Å². The molecule has 2 aromatic rings. The summed E-state index contributed by atoms with van der Waals surface area (Å²) in [5.41, 5.74) is 3.10. The van der Waals surface area contributed by atoms with Gasteiger partial charge in [0.15, 0.2) is 11.5 Å². The molecule has 1 amide bonds. The first-order chi connectivity index (χ1) is 12.9. The van der Waals surface area contributed by atoms with Crippen LogP contribution in [0.3, 0.4) is 0 Å². The van der Waals surface area contributed by atoms with Gasteiger partial charge in [0.25, 0.3) is 0 Å². The van der Waals surface area contributed by atoms with Crippen molar-refractivity contribution in [2.75, 3.05) is 20.8 Å². The van der Waals surface area contributed by atoms with E-state index < -0.39 is 5.60 Å². The normalized spacial score (nSPS) is 18.1. The van der Waals surface area contributed by atoms with Gasteiger partial charge >= 0.3 is 0 Å². The summed E-state index contributed by atoms with van der Waals surface area (Å²) in [6, 6.07) is 11.9. The molecule has 0 bridgehead atoms. The molecule has 1 aliphatic carbocycles. The van der Waals surface area contributed by atoms with E-state index >= 15 is 0 Å². The Balaban J connectivity index is 1.61. The summed E-state index contributed by atoms with van der Waals surface area (Å²) in [7, 11) is 3.17. The average molecular weight is 369 g/mol. The smallest absolute Gasteiger partial charge is 0.220 e. The molecule has 0 heterocycles. The molecule has 0 fully saturated rings. The maximum absolute atomic E-state index is 12.3. The maximum Gasteiger partial charge on any atom is 0.220 e. The topological polar surface area (TPSA) is 67.8 Å². The van der Waals surface area contributed by atoms with Crippen molar-refractivity contribution in [2.24, 2.45) is 0 Å². The minimum absolute atomic E-state index is 0.0575. The highest BCUT2D eigenvalue weighted by Crippen LogP contribution is 2.42. The summed E-state index contributed by atoms with van der Waals surface area (Å²) < 4.78 is 10.7. The highest BCUT2D eigenvalue weighted by atomic mass is 16.5. The first-order valence-electron chi connectivity index (χ1n) is 9.25. The molecule has 0 saturated carbocycles.